The van der Waals surface area contributed by atoms with Crippen LogP contribution < -0.4 is 0 Å². The van der Waals surface area contributed by atoms with E-state index in [1.54, 1.807) is 18.0 Å². The molecule has 0 radical (unpaired) electrons. The molecule has 0 aliphatic rings. The number of halogens is 1. The Bertz CT molecular complexity index is 672. The molecule has 0 saturated carbocycles. The van der Waals surface area contributed by atoms with Crippen LogP contribution in [0.4, 0.5) is 0 Å². The number of amides is 1. The van der Waals surface area contributed by atoms with Gasteiger partial charge in [0, 0.05) is 17.6 Å². The minimum Gasteiger partial charge on any atom is -0.504 e. The van der Waals surface area contributed by atoms with E-state index < -0.39 is 0 Å². The van der Waals surface area contributed by atoms with Gasteiger partial charge in [-0.3, -0.25) is 4.79 Å². The molecule has 0 fully saturated rings. The van der Waals surface area contributed by atoms with Gasteiger partial charge < -0.3 is 15.1 Å². The van der Waals surface area contributed by atoms with Crippen LogP contribution >= 0.6 is 11.6 Å². The summed E-state index contributed by atoms with van der Waals surface area (Å²) < 4.78 is 0. The number of carbonyl (C=O) groups is 1. The van der Waals surface area contributed by atoms with Crippen molar-refractivity contribution in [2.24, 2.45) is 0 Å². The number of benzene rings is 2. The molecule has 0 aromatic heterocycles. The molecule has 5 heteroatoms. The van der Waals surface area contributed by atoms with Gasteiger partial charge in [0.1, 0.15) is 0 Å². The number of hydrogen-bond donors (Lipinski definition) is 2. The van der Waals surface area contributed by atoms with E-state index in [-0.39, 0.29) is 23.4 Å². The fourth-order valence-electron chi connectivity index (χ4n) is 2.03. The van der Waals surface area contributed by atoms with Gasteiger partial charge in [0.05, 0.1) is 6.04 Å². The highest BCUT2D eigenvalue weighted by molar-refractivity contribution is 6.30. The van der Waals surface area contributed by atoms with E-state index in [9.17, 15) is 15.0 Å². The summed E-state index contributed by atoms with van der Waals surface area (Å²) in [6.07, 6.45) is 0. The van der Waals surface area contributed by atoms with Crippen molar-refractivity contribution in [3.8, 4) is 11.5 Å². The fraction of sp³-hybridized carbons (Fsp3) is 0.188. The third-order valence-corrected chi connectivity index (χ3v) is 3.69. The second-order valence-electron chi connectivity index (χ2n) is 4.85. The highest BCUT2D eigenvalue weighted by Crippen LogP contribution is 2.27. The van der Waals surface area contributed by atoms with Crippen molar-refractivity contribution < 1.29 is 15.0 Å². The zero-order valence-corrected chi connectivity index (χ0v) is 12.5. The van der Waals surface area contributed by atoms with Crippen molar-refractivity contribution in [1.29, 1.82) is 0 Å². The molecule has 2 aromatic carbocycles. The topological polar surface area (TPSA) is 60.8 Å². The van der Waals surface area contributed by atoms with Crippen molar-refractivity contribution in [3.05, 3.63) is 58.6 Å². The number of aromatic hydroxyl groups is 2. The molecule has 1 atom stereocenters. The molecule has 2 N–H and O–H groups in total. The number of carbonyl (C=O) groups excluding carboxylic acids is 1. The van der Waals surface area contributed by atoms with E-state index in [0.29, 0.717) is 10.6 Å². The summed E-state index contributed by atoms with van der Waals surface area (Å²) in [5, 5.41) is 19.4. The lowest BCUT2D eigenvalue weighted by molar-refractivity contribution is 0.0742. The first-order chi connectivity index (χ1) is 9.90. The van der Waals surface area contributed by atoms with Crippen LogP contribution in [-0.4, -0.2) is 28.1 Å². The average Bonchev–Trinajstić information content (AvgIpc) is 2.47. The van der Waals surface area contributed by atoms with Gasteiger partial charge in [-0.05, 0) is 42.8 Å². The molecule has 1 unspecified atom stereocenters. The van der Waals surface area contributed by atoms with Crippen LogP contribution in [0.5, 0.6) is 11.5 Å². The largest absolute Gasteiger partial charge is 0.504 e. The van der Waals surface area contributed by atoms with Crippen LogP contribution in [0, 0.1) is 0 Å². The summed E-state index contributed by atoms with van der Waals surface area (Å²) in [5.41, 5.74) is 1.23. The van der Waals surface area contributed by atoms with E-state index in [4.69, 9.17) is 11.6 Å². The van der Waals surface area contributed by atoms with Gasteiger partial charge >= 0.3 is 0 Å². The van der Waals surface area contributed by atoms with Gasteiger partial charge in [-0.15, -0.1) is 0 Å². The van der Waals surface area contributed by atoms with Crippen LogP contribution in [0.3, 0.4) is 0 Å². The minimum atomic E-state index is -0.315. The molecule has 0 aliphatic heterocycles. The maximum absolute atomic E-state index is 12.4. The molecular formula is C16H16ClNO3. The summed E-state index contributed by atoms with van der Waals surface area (Å²) in [5.74, 6) is -0.820. The van der Waals surface area contributed by atoms with E-state index in [1.165, 1.54) is 18.2 Å². The lowest BCUT2D eigenvalue weighted by Crippen LogP contribution is -2.29. The van der Waals surface area contributed by atoms with E-state index in [2.05, 4.69) is 0 Å². The van der Waals surface area contributed by atoms with Gasteiger partial charge in [0.25, 0.3) is 5.91 Å². The normalized spacial score (nSPS) is 12.0. The van der Waals surface area contributed by atoms with Gasteiger partial charge in [0.2, 0.25) is 0 Å². The van der Waals surface area contributed by atoms with Crippen molar-refractivity contribution >= 4 is 17.5 Å². The smallest absolute Gasteiger partial charge is 0.254 e. The Morgan fingerprint density at radius 3 is 2.48 bits per heavy atom. The van der Waals surface area contributed by atoms with Gasteiger partial charge in [-0.2, -0.15) is 0 Å². The van der Waals surface area contributed by atoms with Crippen molar-refractivity contribution in [1.82, 2.24) is 4.90 Å². The Balaban J connectivity index is 2.24. The van der Waals surface area contributed by atoms with E-state index in [1.807, 2.05) is 25.1 Å². The number of rotatable bonds is 3. The Morgan fingerprint density at radius 2 is 1.86 bits per heavy atom. The lowest BCUT2D eigenvalue weighted by atomic mass is 10.1. The zero-order chi connectivity index (χ0) is 15.6. The number of phenols is 2. The lowest BCUT2D eigenvalue weighted by Gasteiger charge is -2.25. The summed E-state index contributed by atoms with van der Waals surface area (Å²) in [4.78, 5) is 14.0. The molecule has 110 valence electrons. The summed E-state index contributed by atoms with van der Waals surface area (Å²) >= 11 is 5.96. The molecule has 2 aromatic rings. The van der Waals surface area contributed by atoms with Crippen molar-refractivity contribution in [2.45, 2.75) is 13.0 Å². The Kier molecular flexibility index (Phi) is 4.38. The summed E-state index contributed by atoms with van der Waals surface area (Å²) in [6, 6.07) is 11.2. The van der Waals surface area contributed by atoms with Crippen LogP contribution in [0.15, 0.2) is 42.5 Å². The Hall–Kier alpha value is -2.20. The standard InChI is InChI=1S/C16H16ClNO3/c1-10(11-4-3-5-13(17)8-11)18(2)16(21)12-6-7-14(19)15(20)9-12/h3-10,19-20H,1-2H3. The van der Waals surface area contributed by atoms with E-state index >= 15 is 0 Å². The third-order valence-electron chi connectivity index (χ3n) is 3.45. The number of phenolic OH excluding ortho intramolecular Hbond substituents is 2. The molecule has 0 bridgehead atoms. The predicted molar refractivity (Wildman–Crippen MR) is 81.7 cm³/mol. The molecule has 21 heavy (non-hydrogen) atoms. The Morgan fingerprint density at radius 1 is 1.14 bits per heavy atom. The van der Waals surface area contributed by atoms with Crippen LogP contribution in [0.1, 0.15) is 28.9 Å². The fourth-order valence-corrected chi connectivity index (χ4v) is 2.22. The number of hydrogen-bond acceptors (Lipinski definition) is 3. The highest BCUT2D eigenvalue weighted by atomic mass is 35.5. The maximum Gasteiger partial charge on any atom is 0.254 e. The first-order valence-electron chi connectivity index (χ1n) is 6.44. The maximum atomic E-state index is 12.4. The average molecular weight is 306 g/mol. The second kappa shape index (κ2) is 6.06. The summed E-state index contributed by atoms with van der Waals surface area (Å²) in [6.45, 7) is 1.89. The quantitative estimate of drug-likeness (QED) is 0.852. The monoisotopic (exact) mass is 305 g/mol. The highest BCUT2D eigenvalue weighted by Gasteiger charge is 2.20. The van der Waals surface area contributed by atoms with Gasteiger partial charge in [-0.1, -0.05) is 23.7 Å². The molecule has 2 rings (SSSR count). The summed E-state index contributed by atoms with van der Waals surface area (Å²) in [7, 11) is 1.68. The molecule has 0 saturated heterocycles. The SMILES string of the molecule is CC(c1cccc(Cl)c1)N(C)C(=O)c1ccc(O)c(O)c1. The molecular weight excluding hydrogens is 290 g/mol. The number of nitrogens with zero attached hydrogens (tertiary/aromatic N) is 1. The molecule has 0 heterocycles. The molecule has 0 spiro atoms. The van der Waals surface area contributed by atoms with Crippen molar-refractivity contribution in [2.75, 3.05) is 7.05 Å². The third kappa shape index (κ3) is 3.28. The van der Waals surface area contributed by atoms with E-state index in [0.717, 1.165) is 5.56 Å². The zero-order valence-electron chi connectivity index (χ0n) is 11.7. The van der Waals surface area contributed by atoms with Gasteiger partial charge in [0.15, 0.2) is 11.5 Å². The Labute approximate surface area is 128 Å². The first-order valence-corrected chi connectivity index (χ1v) is 6.82. The minimum absolute atomic E-state index is 0.174. The predicted octanol–water partition coefficient (Wildman–Crippen LogP) is 3.58. The van der Waals surface area contributed by atoms with Crippen LogP contribution in [0.25, 0.3) is 0 Å². The first kappa shape index (κ1) is 15.2. The molecule has 1 amide bonds. The van der Waals surface area contributed by atoms with Crippen molar-refractivity contribution in [3.63, 3.8) is 0 Å². The van der Waals surface area contributed by atoms with Gasteiger partial charge in [-0.25, -0.2) is 0 Å². The van der Waals surface area contributed by atoms with Crippen LogP contribution in [-0.2, 0) is 0 Å². The molecule has 0 aliphatic carbocycles. The second-order valence-corrected chi connectivity index (χ2v) is 5.29. The van der Waals surface area contributed by atoms with Crippen LogP contribution in [0.2, 0.25) is 5.02 Å². The molecule has 4 nitrogen and oxygen atoms in total.